The highest BCUT2D eigenvalue weighted by Crippen LogP contribution is 2.38. The Morgan fingerprint density at radius 3 is 2.38 bits per heavy atom. The van der Waals surface area contributed by atoms with Crippen LogP contribution in [0.5, 0.6) is 11.5 Å². The van der Waals surface area contributed by atoms with Crippen molar-refractivity contribution in [3.63, 3.8) is 0 Å². The number of nitrogens with zero attached hydrogens (tertiary/aromatic N) is 1. The molecular formula is C25H18Cl3NO4S. The highest BCUT2D eigenvalue weighted by atomic mass is 35.5. The summed E-state index contributed by atoms with van der Waals surface area (Å²) in [5.41, 5.74) is 2.24. The summed E-state index contributed by atoms with van der Waals surface area (Å²) in [6.07, 6.45) is 1.64. The number of benzene rings is 3. The van der Waals surface area contributed by atoms with Gasteiger partial charge < -0.3 is 9.47 Å². The fraction of sp³-hybridized carbons (Fsp3) is 0.120. The summed E-state index contributed by atoms with van der Waals surface area (Å²) >= 11 is 18.8. The van der Waals surface area contributed by atoms with Crippen LogP contribution in [-0.2, 0) is 17.9 Å². The maximum absolute atomic E-state index is 13.0. The number of halogens is 3. The lowest BCUT2D eigenvalue weighted by molar-refractivity contribution is -0.123. The van der Waals surface area contributed by atoms with Gasteiger partial charge in [-0.3, -0.25) is 14.5 Å². The van der Waals surface area contributed by atoms with Crippen molar-refractivity contribution in [1.29, 1.82) is 0 Å². The molecule has 5 nitrogen and oxygen atoms in total. The van der Waals surface area contributed by atoms with E-state index in [2.05, 4.69) is 0 Å². The Balaban J connectivity index is 1.58. The molecule has 0 unspecified atom stereocenters. The van der Waals surface area contributed by atoms with E-state index in [1.165, 1.54) is 4.90 Å². The maximum atomic E-state index is 13.0. The zero-order valence-electron chi connectivity index (χ0n) is 17.9. The van der Waals surface area contributed by atoms with Gasteiger partial charge in [-0.2, -0.15) is 0 Å². The Kier molecular flexibility index (Phi) is 7.73. The molecule has 0 atom stereocenters. The van der Waals surface area contributed by atoms with Crippen molar-refractivity contribution in [2.75, 3.05) is 7.11 Å². The van der Waals surface area contributed by atoms with Crippen molar-refractivity contribution in [3.05, 3.63) is 97.3 Å². The van der Waals surface area contributed by atoms with Crippen molar-refractivity contribution in [2.45, 2.75) is 13.2 Å². The Labute approximate surface area is 216 Å². The van der Waals surface area contributed by atoms with Gasteiger partial charge in [-0.25, -0.2) is 0 Å². The lowest BCUT2D eigenvalue weighted by Crippen LogP contribution is -2.27. The molecule has 3 aromatic carbocycles. The average molecular weight is 535 g/mol. The van der Waals surface area contributed by atoms with Gasteiger partial charge in [-0.15, -0.1) is 0 Å². The highest BCUT2D eigenvalue weighted by molar-refractivity contribution is 8.18. The van der Waals surface area contributed by atoms with Crippen molar-refractivity contribution in [3.8, 4) is 11.5 Å². The second kappa shape index (κ2) is 10.7. The molecule has 9 heteroatoms. The molecule has 34 heavy (non-hydrogen) atoms. The number of rotatable bonds is 7. The van der Waals surface area contributed by atoms with Crippen LogP contribution in [-0.4, -0.2) is 23.2 Å². The van der Waals surface area contributed by atoms with E-state index in [1.54, 1.807) is 61.7 Å². The summed E-state index contributed by atoms with van der Waals surface area (Å²) in [5, 5.41) is 1.04. The SMILES string of the molecule is COc1cccc(/C=C2/SC(=O)N(Cc3ccc(Cl)c(Cl)c3)C2=O)c1OCc1ccc(Cl)cc1. The molecule has 3 aromatic rings. The molecule has 174 valence electrons. The molecule has 1 aliphatic heterocycles. The second-order valence-corrected chi connectivity index (χ2v) is 9.55. The van der Waals surface area contributed by atoms with E-state index in [1.807, 2.05) is 12.1 Å². The molecule has 0 bridgehead atoms. The second-order valence-electron chi connectivity index (χ2n) is 7.31. The number of carbonyl (C=O) groups excluding carboxylic acids is 2. The minimum atomic E-state index is -0.396. The van der Waals surface area contributed by atoms with E-state index in [-0.39, 0.29) is 23.3 Å². The molecular weight excluding hydrogens is 517 g/mol. The van der Waals surface area contributed by atoms with E-state index in [9.17, 15) is 9.59 Å². The van der Waals surface area contributed by atoms with Gasteiger partial charge >= 0.3 is 0 Å². The van der Waals surface area contributed by atoms with Gasteiger partial charge in [-0.1, -0.05) is 65.1 Å². The monoisotopic (exact) mass is 533 g/mol. The van der Waals surface area contributed by atoms with Crippen LogP contribution in [0.4, 0.5) is 4.79 Å². The number of imide groups is 1. The van der Waals surface area contributed by atoms with E-state index >= 15 is 0 Å². The van der Waals surface area contributed by atoms with Crippen molar-refractivity contribution >= 4 is 63.8 Å². The summed E-state index contributed by atoms with van der Waals surface area (Å²) in [6, 6.07) is 17.7. The Bertz CT molecular complexity index is 1280. The first kappa shape index (κ1) is 24.5. The minimum absolute atomic E-state index is 0.0942. The molecule has 1 heterocycles. The smallest absolute Gasteiger partial charge is 0.293 e. The van der Waals surface area contributed by atoms with Gasteiger partial charge in [0.2, 0.25) is 0 Å². The van der Waals surface area contributed by atoms with E-state index in [4.69, 9.17) is 44.3 Å². The van der Waals surface area contributed by atoms with E-state index in [0.717, 1.165) is 17.3 Å². The third-order valence-corrected chi connectivity index (χ3v) is 6.91. The number of thioether (sulfide) groups is 1. The van der Waals surface area contributed by atoms with Crippen LogP contribution in [0.1, 0.15) is 16.7 Å². The van der Waals surface area contributed by atoms with Crippen molar-refractivity contribution in [2.24, 2.45) is 0 Å². The van der Waals surface area contributed by atoms with E-state index < -0.39 is 5.91 Å². The molecule has 0 spiro atoms. The first-order valence-corrected chi connectivity index (χ1v) is 12.0. The standard InChI is InChI=1S/C25H18Cl3NO4S/c1-32-21-4-2-3-17(23(21)33-14-15-5-8-18(26)9-6-15)12-22-24(30)29(25(31)34-22)13-16-7-10-19(27)20(28)11-16/h2-12H,13-14H2,1H3/b22-12+. The van der Waals surface area contributed by atoms with Gasteiger partial charge in [0.05, 0.1) is 28.6 Å². The van der Waals surface area contributed by atoms with E-state index in [0.29, 0.717) is 37.7 Å². The molecule has 0 aromatic heterocycles. The molecule has 0 aliphatic carbocycles. The number of ether oxygens (including phenoxy) is 2. The molecule has 0 radical (unpaired) electrons. The number of amides is 2. The van der Waals surface area contributed by atoms with Crippen LogP contribution < -0.4 is 9.47 Å². The van der Waals surface area contributed by atoms with Gasteiger partial charge in [0.1, 0.15) is 6.61 Å². The number of para-hydroxylation sites is 1. The van der Waals surface area contributed by atoms with Crippen LogP contribution in [0.25, 0.3) is 6.08 Å². The molecule has 1 aliphatic rings. The number of carbonyl (C=O) groups is 2. The first-order valence-electron chi connectivity index (χ1n) is 10.1. The van der Waals surface area contributed by atoms with Gasteiger partial charge in [0.25, 0.3) is 11.1 Å². The summed E-state index contributed by atoms with van der Waals surface area (Å²) in [7, 11) is 1.54. The molecule has 2 amide bonds. The van der Waals surface area contributed by atoms with Crippen molar-refractivity contribution in [1.82, 2.24) is 4.90 Å². The molecule has 4 rings (SSSR count). The highest BCUT2D eigenvalue weighted by Gasteiger charge is 2.35. The van der Waals surface area contributed by atoms with Crippen LogP contribution in [0.3, 0.4) is 0 Å². The summed E-state index contributed by atoms with van der Waals surface area (Å²) in [6.45, 7) is 0.369. The molecule has 1 fully saturated rings. The molecule has 0 saturated carbocycles. The lowest BCUT2D eigenvalue weighted by atomic mass is 10.1. The summed E-state index contributed by atoms with van der Waals surface area (Å²) in [4.78, 5) is 27.1. The summed E-state index contributed by atoms with van der Waals surface area (Å²) < 4.78 is 11.5. The Hall–Kier alpha value is -2.64. The normalized spacial score (nSPS) is 14.7. The Morgan fingerprint density at radius 1 is 0.941 bits per heavy atom. The van der Waals surface area contributed by atoms with Crippen LogP contribution in [0, 0.1) is 0 Å². The van der Waals surface area contributed by atoms with Crippen LogP contribution in [0.2, 0.25) is 15.1 Å². The lowest BCUT2D eigenvalue weighted by Gasteiger charge is -2.14. The zero-order chi connectivity index (χ0) is 24.2. The number of methoxy groups -OCH3 is 1. The fourth-order valence-electron chi connectivity index (χ4n) is 3.30. The minimum Gasteiger partial charge on any atom is -0.493 e. The predicted octanol–water partition coefficient (Wildman–Crippen LogP) is 7.47. The van der Waals surface area contributed by atoms with Gasteiger partial charge in [0, 0.05) is 10.6 Å². The van der Waals surface area contributed by atoms with Gasteiger partial charge in [-0.05, 0) is 59.3 Å². The fourth-order valence-corrected chi connectivity index (χ4v) is 4.57. The third-order valence-electron chi connectivity index (χ3n) is 5.01. The molecule has 0 N–H and O–H groups in total. The average Bonchev–Trinajstić information content (AvgIpc) is 3.08. The van der Waals surface area contributed by atoms with Crippen molar-refractivity contribution < 1.29 is 19.1 Å². The van der Waals surface area contributed by atoms with Crippen LogP contribution >= 0.6 is 46.6 Å². The quantitative estimate of drug-likeness (QED) is 0.294. The maximum Gasteiger partial charge on any atom is 0.293 e. The van der Waals surface area contributed by atoms with Gasteiger partial charge in [0.15, 0.2) is 11.5 Å². The topological polar surface area (TPSA) is 55.8 Å². The predicted molar refractivity (Wildman–Crippen MR) is 137 cm³/mol. The largest absolute Gasteiger partial charge is 0.493 e. The Morgan fingerprint density at radius 2 is 1.68 bits per heavy atom. The number of hydrogen-bond donors (Lipinski definition) is 0. The zero-order valence-corrected chi connectivity index (χ0v) is 21.0. The summed E-state index contributed by atoms with van der Waals surface area (Å²) in [5.74, 6) is 0.585. The first-order chi connectivity index (χ1) is 16.4. The number of hydrogen-bond acceptors (Lipinski definition) is 5. The molecule has 1 saturated heterocycles. The van der Waals surface area contributed by atoms with Crippen LogP contribution in [0.15, 0.2) is 65.6 Å². The third kappa shape index (κ3) is 5.53.